The molecule has 0 aliphatic heterocycles. The zero-order valence-electron chi connectivity index (χ0n) is 6.79. The van der Waals surface area contributed by atoms with Crippen LogP contribution in [0.4, 0.5) is 0 Å². The van der Waals surface area contributed by atoms with E-state index in [4.69, 9.17) is 4.84 Å². The van der Waals surface area contributed by atoms with E-state index in [0.717, 1.165) is 5.56 Å². The maximum Gasteiger partial charge on any atom is 0.0572 e. The Morgan fingerprint density at radius 3 is 3.09 bits per heavy atom. The van der Waals surface area contributed by atoms with Crippen molar-refractivity contribution in [3.63, 3.8) is 0 Å². The molecule has 0 fully saturated rings. The van der Waals surface area contributed by atoms with Crippen LogP contribution < -0.4 is 5.48 Å². The van der Waals surface area contributed by atoms with Gasteiger partial charge in [-0.3, -0.25) is 4.98 Å². The maximum absolute atomic E-state index is 4.72. The standard InChI is InChI=1S/C8H12N2O/c1-7-3-4-9-5-8(7)6-10-11-2/h3-5,10H,6H2,1-2H3. The highest BCUT2D eigenvalue weighted by atomic mass is 16.6. The Kier molecular flexibility index (Phi) is 3.01. The molecule has 0 spiro atoms. The summed E-state index contributed by atoms with van der Waals surface area (Å²) in [6, 6.07) is 1.98. The van der Waals surface area contributed by atoms with Crippen molar-refractivity contribution >= 4 is 0 Å². The van der Waals surface area contributed by atoms with E-state index in [2.05, 4.69) is 10.5 Å². The summed E-state index contributed by atoms with van der Waals surface area (Å²) in [6.07, 6.45) is 3.62. The van der Waals surface area contributed by atoms with Gasteiger partial charge in [-0.05, 0) is 24.1 Å². The summed E-state index contributed by atoms with van der Waals surface area (Å²) in [5, 5.41) is 0. The van der Waals surface area contributed by atoms with E-state index in [0.29, 0.717) is 6.54 Å². The van der Waals surface area contributed by atoms with Crippen LogP contribution in [0.15, 0.2) is 18.5 Å². The van der Waals surface area contributed by atoms with Crippen molar-refractivity contribution in [2.45, 2.75) is 13.5 Å². The number of nitrogens with zero attached hydrogens (tertiary/aromatic N) is 1. The molecular weight excluding hydrogens is 140 g/mol. The zero-order valence-corrected chi connectivity index (χ0v) is 6.79. The molecule has 60 valence electrons. The van der Waals surface area contributed by atoms with Crippen LogP contribution in [0.5, 0.6) is 0 Å². The minimum Gasteiger partial charge on any atom is -0.305 e. The van der Waals surface area contributed by atoms with Crippen molar-refractivity contribution in [2.24, 2.45) is 0 Å². The summed E-state index contributed by atoms with van der Waals surface area (Å²) in [7, 11) is 1.60. The Morgan fingerprint density at radius 2 is 2.45 bits per heavy atom. The van der Waals surface area contributed by atoms with Crippen molar-refractivity contribution in [1.82, 2.24) is 10.5 Å². The first-order valence-electron chi connectivity index (χ1n) is 3.50. The van der Waals surface area contributed by atoms with E-state index in [1.54, 1.807) is 13.3 Å². The average Bonchev–Trinajstić information content (AvgIpc) is 2.03. The third kappa shape index (κ3) is 2.29. The minimum atomic E-state index is 0.705. The number of hydrogen-bond donors (Lipinski definition) is 1. The van der Waals surface area contributed by atoms with Gasteiger partial charge in [0.15, 0.2) is 0 Å². The van der Waals surface area contributed by atoms with E-state index in [-0.39, 0.29) is 0 Å². The highest BCUT2D eigenvalue weighted by Gasteiger charge is 1.94. The molecule has 0 saturated carbocycles. The van der Waals surface area contributed by atoms with Crippen LogP contribution in [0.3, 0.4) is 0 Å². The van der Waals surface area contributed by atoms with Crippen molar-refractivity contribution in [3.8, 4) is 0 Å². The number of pyridine rings is 1. The molecule has 3 heteroatoms. The minimum absolute atomic E-state index is 0.705. The number of rotatable bonds is 3. The van der Waals surface area contributed by atoms with Gasteiger partial charge in [-0.2, -0.15) is 5.48 Å². The Hall–Kier alpha value is -0.930. The predicted octanol–water partition coefficient (Wildman–Crippen LogP) is 1.04. The summed E-state index contributed by atoms with van der Waals surface area (Å²) in [5.41, 5.74) is 5.15. The van der Waals surface area contributed by atoms with E-state index in [9.17, 15) is 0 Å². The quantitative estimate of drug-likeness (QED) is 0.657. The molecule has 0 aromatic carbocycles. The molecule has 11 heavy (non-hydrogen) atoms. The first-order valence-corrected chi connectivity index (χ1v) is 3.50. The van der Waals surface area contributed by atoms with Crippen LogP contribution in [0.1, 0.15) is 11.1 Å². The van der Waals surface area contributed by atoms with Crippen molar-refractivity contribution in [3.05, 3.63) is 29.6 Å². The third-order valence-corrected chi connectivity index (χ3v) is 1.55. The molecule has 0 amide bonds. The van der Waals surface area contributed by atoms with E-state index >= 15 is 0 Å². The van der Waals surface area contributed by atoms with Gasteiger partial charge in [-0.25, -0.2) is 0 Å². The SMILES string of the molecule is CONCc1cnccc1C. The van der Waals surface area contributed by atoms with Gasteiger partial charge in [0.2, 0.25) is 0 Å². The van der Waals surface area contributed by atoms with Gasteiger partial charge in [0.25, 0.3) is 0 Å². The first kappa shape index (κ1) is 8.17. The molecule has 0 aliphatic rings. The fraction of sp³-hybridized carbons (Fsp3) is 0.375. The number of hydroxylamine groups is 1. The van der Waals surface area contributed by atoms with Crippen LogP contribution in [-0.4, -0.2) is 12.1 Å². The molecule has 0 atom stereocenters. The summed E-state index contributed by atoms with van der Waals surface area (Å²) < 4.78 is 0. The van der Waals surface area contributed by atoms with Crippen molar-refractivity contribution < 1.29 is 4.84 Å². The molecule has 0 radical (unpaired) electrons. The van der Waals surface area contributed by atoms with Gasteiger partial charge in [0, 0.05) is 18.9 Å². The van der Waals surface area contributed by atoms with Gasteiger partial charge in [-0.1, -0.05) is 0 Å². The number of hydrogen-bond acceptors (Lipinski definition) is 3. The molecule has 1 aromatic rings. The van der Waals surface area contributed by atoms with Crippen LogP contribution >= 0.6 is 0 Å². The molecule has 1 aromatic heterocycles. The zero-order chi connectivity index (χ0) is 8.10. The molecule has 0 bridgehead atoms. The third-order valence-electron chi connectivity index (χ3n) is 1.55. The second kappa shape index (κ2) is 4.05. The predicted molar refractivity (Wildman–Crippen MR) is 42.8 cm³/mol. The van der Waals surface area contributed by atoms with Crippen LogP contribution in [-0.2, 0) is 11.4 Å². The normalized spacial score (nSPS) is 10.0. The number of aryl methyl sites for hydroxylation is 1. The summed E-state index contributed by atoms with van der Waals surface area (Å²) in [4.78, 5) is 8.73. The lowest BCUT2D eigenvalue weighted by Gasteiger charge is -2.03. The van der Waals surface area contributed by atoms with Crippen LogP contribution in [0.25, 0.3) is 0 Å². The Balaban J connectivity index is 2.62. The van der Waals surface area contributed by atoms with Crippen molar-refractivity contribution in [1.29, 1.82) is 0 Å². The molecular formula is C8H12N2O. The van der Waals surface area contributed by atoms with Crippen LogP contribution in [0, 0.1) is 6.92 Å². The second-order valence-corrected chi connectivity index (χ2v) is 2.33. The fourth-order valence-electron chi connectivity index (χ4n) is 0.832. The number of nitrogens with one attached hydrogen (secondary N) is 1. The lowest BCUT2D eigenvalue weighted by atomic mass is 10.2. The summed E-state index contributed by atoms with van der Waals surface area (Å²) in [5.74, 6) is 0. The Bertz CT molecular complexity index is 225. The van der Waals surface area contributed by atoms with Gasteiger partial charge in [0.1, 0.15) is 0 Å². The largest absolute Gasteiger partial charge is 0.305 e. The molecule has 0 unspecified atom stereocenters. The van der Waals surface area contributed by atoms with Crippen LogP contribution in [0.2, 0.25) is 0 Å². The molecule has 3 nitrogen and oxygen atoms in total. The van der Waals surface area contributed by atoms with E-state index in [1.165, 1.54) is 5.56 Å². The molecule has 0 aliphatic carbocycles. The molecule has 0 saturated heterocycles. The molecule has 1 rings (SSSR count). The van der Waals surface area contributed by atoms with E-state index in [1.807, 2.05) is 19.2 Å². The van der Waals surface area contributed by atoms with E-state index < -0.39 is 0 Å². The average molecular weight is 152 g/mol. The van der Waals surface area contributed by atoms with Gasteiger partial charge >= 0.3 is 0 Å². The lowest BCUT2D eigenvalue weighted by molar-refractivity contribution is 0.0865. The van der Waals surface area contributed by atoms with Gasteiger partial charge in [0.05, 0.1) is 7.11 Å². The molecule has 1 heterocycles. The highest BCUT2D eigenvalue weighted by molar-refractivity contribution is 5.20. The molecule has 1 N–H and O–H groups in total. The highest BCUT2D eigenvalue weighted by Crippen LogP contribution is 2.03. The first-order chi connectivity index (χ1) is 5.34. The monoisotopic (exact) mass is 152 g/mol. The smallest absolute Gasteiger partial charge is 0.0572 e. The maximum atomic E-state index is 4.72. The van der Waals surface area contributed by atoms with Gasteiger partial charge in [-0.15, -0.1) is 0 Å². The topological polar surface area (TPSA) is 34.1 Å². The summed E-state index contributed by atoms with van der Waals surface area (Å²) in [6.45, 7) is 2.75. The lowest BCUT2D eigenvalue weighted by Crippen LogP contribution is -2.11. The summed E-state index contributed by atoms with van der Waals surface area (Å²) >= 11 is 0. The van der Waals surface area contributed by atoms with Gasteiger partial charge < -0.3 is 4.84 Å². The number of aromatic nitrogens is 1. The second-order valence-electron chi connectivity index (χ2n) is 2.33. The Morgan fingerprint density at radius 1 is 1.64 bits per heavy atom. The van der Waals surface area contributed by atoms with Crippen molar-refractivity contribution in [2.75, 3.05) is 7.11 Å². The fourth-order valence-corrected chi connectivity index (χ4v) is 0.832. The Labute approximate surface area is 66.4 Å².